The number of amides is 2. The highest BCUT2D eigenvalue weighted by Crippen LogP contribution is 2.34. The van der Waals surface area contributed by atoms with E-state index in [4.69, 9.17) is 4.98 Å². The lowest BCUT2D eigenvalue weighted by atomic mass is 9.86. The van der Waals surface area contributed by atoms with Crippen LogP contribution >= 0.6 is 0 Å². The number of hydrogen-bond acceptors (Lipinski definition) is 3. The Morgan fingerprint density at radius 2 is 1.84 bits per heavy atom. The number of benzene rings is 2. The molecule has 1 aliphatic rings. The molecule has 5 heteroatoms. The minimum Gasteiger partial charge on any atom is -0.382 e. The minimum atomic E-state index is -0.170. The fourth-order valence-electron chi connectivity index (χ4n) is 3.83. The van der Waals surface area contributed by atoms with E-state index in [-0.39, 0.29) is 17.5 Å². The van der Waals surface area contributed by atoms with E-state index in [1.54, 1.807) is 4.90 Å². The van der Waals surface area contributed by atoms with Gasteiger partial charge in [0.15, 0.2) is 5.82 Å². The van der Waals surface area contributed by atoms with Crippen LogP contribution in [-0.4, -0.2) is 23.6 Å². The second-order valence-electron chi connectivity index (χ2n) is 9.13. The Morgan fingerprint density at radius 3 is 2.58 bits per heavy atom. The molecule has 1 aromatic heterocycles. The number of pyridine rings is 1. The standard InChI is InChI=1S/C26H30N4O/c1-18-15-16-27-23-14-13-22(19-9-8-10-20(17-19)26(2,3)4)29-24(23)30(18)25(31)28-21-11-6-5-7-12-21/h5-14,17-18,27H,15-16H2,1-4H3,(H,28,31)/t18-/m0/s1. The van der Waals surface area contributed by atoms with Gasteiger partial charge in [-0.15, -0.1) is 0 Å². The third kappa shape index (κ3) is 4.55. The number of aromatic nitrogens is 1. The molecule has 0 spiro atoms. The smallest absolute Gasteiger partial charge is 0.327 e. The molecule has 0 unspecified atom stereocenters. The summed E-state index contributed by atoms with van der Waals surface area (Å²) in [6.45, 7) is 9.48. The van der Waals surface area contributed by atoms with Crippen LogP contribution in [-0.2, 0) is 5.41 Å². The first-order valence-corrected chi connectivity index (χ1v) is 10.8. The van der Waals surface area contributed by atoms with E-state index >= 15 is 0 Å². The Labute approximate surface area is 184 Å². The van der Waals surface area contributed by atoms with Crippen molar-refractivity contribution in [3.05, 3.63) is 72.3 Å². The Balaban J connectivity index is 1.73. The maximum atomic E-state index is 13.3. The number of para-hydroxylation sites is 1. The number of hydrogen-bond donors (Lipinski definition) is 2. The van der Waals surface area contributed by atoms with Gasteiger partial charge in [0, 0.05) is 23.8 Å². The molecule has 0 bridgehead atoms. The summed E-state index contributed by atoms with van der Waals surface area (Å²) in [5, 5.41) is 6.45. The number of carbonyl (C=O) groups excluding carboxylic acids is 1. The van der Waals surface area contributed by atoms with Crippen molar-refractivity contribution >= 4 is 23.2 Å². The molecule has 4 rings (SSSR count). The maximum Gasteiger partial charge on any atom is 0.327 e. The summed E-state index contributed by atoms with van der Waals surface area (Å²) in [4.78, 5) is 20.0. The highest BCUT2D eigenvalue weighted by atomic mass is 16.2. The van der Waals surface area contributed by atoms with Gasteiger partial charge in [-0.05, 0) is 54.7 Å². The zero-order chi connectivity index (χ0) is 22.0. The van der Waals surface area contributed by atoms with Crippen LogP contribution in [0.2, 0.25) is 0 Å². The molecule has 5 nitrogen and oxygen atoms in total. The van der Waals surface area contributed by atoms with Crippen molar-refractivity contribution in [2.45, 2.75) is 45.6 Å². The van der Waals surface area contributed by atoms with E-state index in [1.807, 2.05) is 42.5 Å². The molecule has 2 aromatic carbocycles. The van der Waals surface area contributed by atoms with Gasteiger partial charge in [0.2, 0.25) is 0 Å². The van der Waals surface area contributed by atoms with E-state index in [0.29, 0.717) is 5.82 Å². The molecule has 160 valence electrons. The number of rotatable bonds is 2. The molecule has 0 aliphatic carbocycles. The molecule has 2 heterocycles. The second kappa shape index (κ2) is 8.42. The molecule has 0 fully saturated rings. The van der Waals surface area contributed by atoms with E-state index in [9.17, 15) is 4.79 Å². The second-order valence-corrected chi connectivity index (χ2v) is 9.13. The summed E-state index contributed by atoms with van der Waals surface area (Å²) in [6, 6.07) is 21.9. The van der Waals surface area contributed by atoms with Gasteiger partial charge in [-0.1, -0.05) is 57.2 Å². The van der Waals surface area contributed by atoms with Crippen molar-refractivity contribution in [2.75, 3.05) is 22.1 Å². The molecular formula is C26H30N4O. The van der Waals surface area contributed by atoms with Crippen LogP contribution in [0.4, 0.5) is 22.0 Å². The zero-order valence-electron chi connectivity index (χ0n) is 18.6. The van der Waals surface area contributed by atoms with E-state index < -0.39 is 0 Å². The third-order valence-corrected chi connectivity index (χ3v) is 5.69. The fourth-order valence-corrected chi connectivity index (χ4v) is 3.83. The summed E-state index contributed by atoms with van der Waals surface area (Å²) in [7, 11) is 0. The van der Waals surface area contributed by atoms with Gasteiger partial charge in [0.05, 0.1) is 11.4 Å². The van der Waals surface area contributed by atoms with E-state index in [1.165, 1.54) is 5.56 Å². The molecule has 1 aliphatic heterocycles. The van der Waals surface area contributed by atoms with Gasteiger partial charge in [-0.2, -0.15) is 0 Å². The van der Waals surface area contributed by atoms with Crippen molar-refractivity contribution in [1.29, 1.82) is 0 Å². The Bertz CT molecular complexity index is 1070. The maximum absolute atomic E-state index is 13.3. The zero-order valence-corrected chi connectivity index (χ0v) is 18.6. The molecule has 0 saturated carbocycles. The molecule has 1 atom stereocenters. The summed E-state index contributed by atoms with van der Waals surface area (Å²) in [5.41, 5.74) is 4.87. The topological polar surface area (TPSA) is 57.3 Å². The number of urea groups is 1. The van der Waals surface area contributed by atoms with Gasteiger partial charge in [-0.3, -0.25) is 4.90 Å². The van der Waals surface area contributed by atoms with Crippen LogP contribution < -0.4 is 15.5 Å². The normalized spacial score (nSPS) is 16.1. The van der Waals surface area contributed by atoms with Crippen LogP contribution in [0.15, 0.2) is 66.7 Å². The molecule has 0 saturated heterocycles. The molecule has 3 aromatic rings. The number of carbonyl (C=O) groups is 1. The van der Waals surface area contributed by atoms with Crippen LogP contribution in [0.1, 0.15) is 39.7 Å². The lowest BCUT2D eigenvalue weighted by Gasteiger charge is -2.27. The van der Waals surface area contributed by atoms with E-state index in [0.717, 1.165) is 35.6 Å². The van der Waals surface area contributed by atoms with Crippen molar-refractivity contribution in [2.24, 2.45) is 0 Å². The summed E-state index contributed by atoms with van der Waals surface area (Å²) < 4.78 is 0. The average molecular weight is 415 g/mol. The lowest BCUT2D eigenvalue weighted by Crippen LogP contribution is -2.42. The monoisotopic (exact) mass is 414 g/mol. The third-order valence-electron chi connectivity index (χ3n) is 5.69. The quantitative estimate of drug-likeness (QED) is 0.518. The Kier molecular flexibility index (Phi) is 5.68. The number of nitrogens with one attached hydrogen (secondary N) is 2. The van der Waals surface area contributed by atoms with Gasteiger partial charge in [0.25, 0.3) is 0 Å². The highest BCUT2D eigenvalue weighted by molar-refractivity contribution is 6.03. The van der Waals surface area contributed by atoms with Crippen molar-refractivity contribution in [3.8, 4) is 11.3 Å². The molecule has 31 heavy (non-hydrogen) atoms. The first kappa shape index (κ1) is 20.9. The molecule has 2 amide bonds. The van der Waals surface area contributed by atoms with Gasteiger partial charge in [-0.25, -0.2) is 9.78 Å². The average Bonchev–Trinajstić information content (AvgIpc) is 2.91. The van der Waals surface area contributed by atoms with Crippen molar-refractivity contribution < 1.29 is 4.79 Å². The van der Waals surface area contributed by atoms with Gasteiger partial charge < -0.3 is 10.6 Å². The number of nitrogens with zero attached hydrogens (tertiary/aromatic N) is 2. The molecular weight excluding hydrogens is 384 g/mol. The first-order valence-electron chi connectivity index (χ1n) is 10.8. The van der Waals surface area contributed by atoms with E-state index in [2.05, 4.69) is 62.6 Å². The Morgan fingerprint density at radius 1 is 1.06 bits per heavy atom. The highest BCUT2D eigenvalue weighted by Gasteiger charge is 2.28. The summed E-state index contributed by atoms with van der Waals surface area (Å²) in [5.74, 6) is 0.664. The van der Waals surface area contributed by atoms with Crippen molar-refractivity contribution in [1.82, 2.24) is 4.98 Å². The minimum absolute atomic E-state index is 0.0149. The summed E-state index contributed by atoms with van der Waals surface area (Å²) >= 11 is 0. The largest absolute Gasteiger partial charge is 0.382 e. The van der Waals surface area contributed by atoms with Crippen LogP contribution in [0.3, 0.4) is 0 Å². The molecule has 0 radical (unpaired) electrons. The van der Waals surface area contributed by atoms with Crippen LogP contribution in [0.25, 0.3) is 11.3 Å². The first-order chi connectivity index (χ1) is 14.8. The molecule has 2 N–H and O–H groups in total. The summed E-state index contributed by atoms with van der Waals surface area (Å²) in [6.07, 6.45) is 0.841. The van der Waals surface area contributed by atoms with Crippen LogP contribution in [0.5, 0.6) is 0 Å². The van der Waals surface area contributed by atoms with Crippen molar-refractivity contribution in [3.63, 3.8) is 0 Å². The predicted molar refractivity (Wildman–Crippen MR) is 129 cm³/mol. The lowest BCUT2D eigenvalue weighted by molar-refractivity contribution is 0.255. The fraction of sp³-hybridized carbons (Fsp3) is 0.308. The Hall–Kier alpha value is -3.34. The van der Waals surface area contributed by atoms with Gasteiger partial charge >= 0.3 is 6.03 Å². The SMILES string of the molecule is C[C@H]1CCNc2ccc(-c3cccc(C(C)(C)C)c3)nc2N1C(=O)Nc1ccccc1. The number of anilines is 3. The predicted octanol–water partition coefficient (Wildman–Crippen LogP) is 6.29. The number of fused-ring (bicyclic) bond motifs is 1. The van der Waals surface area contributed by atoms with Gasteiger partial charge in [0.1, 0.15) is 0 Å². The van der Waals surface area contributed by atoms with Crippen LogP contribution in [0, 0.1) is 0 Å².